The molecule has 2 nitrogen and oxygen atoms in total. The molecule has 118 valence electrons. The van der Waals surface area contributed by atoms with E-state index in [1.165, 1.54) is 63.4 Å². The SMILES string of the molecule is CC(CCCCCCCCCCCc1ccccc1)=NO. The monoisotopic (exact) mass is 289 g/mol. The molecule has 0 spiro atoms. The van der Waals surface area contributed by atoms with Gasteiger partial charge in [0, 0.05) is 0 Å². The Balaban J connectivity index is 1.81. The Bertz CT molecular complexity index is 372. The highest BCUT2D eigenvalue weighted by Crippen LogP contribution is 2.12. The lowest BCUT2D eigenvalue weighted by atomic mass is 10.0. The fraction of sp³-hybridized carbons (Fsp3) is 0.632. The van der Waals surface area contributed by atoms with E-state index < -0.39 is 0 Å². The van der Waals surface area contributed by atoms with Crippen LogP contribution in [-0.4, -0.2) is 10.9 Å². The summed E-state index contributed by atoms with van der Waals surface area (Å²) in [5.41, 5.74) is 2.33. The van der Waals surface area contributed by atoms with Gasteiger partial charge >= 0.3 is 0 Å². The lowest BCUT2D eigenvalue weighted by molar-refractivity contribution is 0.317. The van der Waals surface area contributed by atoms with E-state index in [-0.39, 0.29) is 0 Å². The second-order valence-electron chi connectivity index (χ2n) is 6.00. The summed E-state index contributed by atoms with van der Waals surface area (Å²) in [6.45, 7) is 1.88. The number of hydrogen-bond acceptors (Lipinski definition) is 2. The second-order valence-corrected chi connectivity index (χ2v) is 6.00. The van der Waals surface area contributed by atoms with Crippen molar-refractivity contribution in [1.82, 2.24) is 0 Å². The first kappa shape index (κ1) is 17.7. The van der Waals surface area contributed by atoms with Gasteiger partial charge in [-0.3, -0.25) is 0 Å². The van der Waals surface area contributed by atoms with Crippen LogP contribution in [0.3, 0.4) is 0 Å². The van der Waals surface area contributed by atoms with E-state index in [4.69, 9.17) is 5.21 Å². The molecule has 0 aliphatic carbocycles. The van der Waals surface area contributed by atoms with Gasteiger partial charge in [-0.2, -0.15) is 0 Å². The van der Waals surface area contributed by atoms with Crippen molar-refractivity contribution in [2.45, 2.75) is 77.6 Å². The van der Waals surface area contributed by atoms with Crippen LogP contribution in [-0.2, 0) is 6.42 Å². The lowest BCUT2D eigenvalue weighted by Gasteiger charge is -2.03. The summed E-state index contributed by atoms with van der Waals surface area (Å²) >= 11 is 0. The summed E-state index contributed by atoms with van der Waals surface area (Å²) in [6.07, 6.45) is 14.1. The fourth-order valence-electron chi connectivity index (χ4n) is 2.64. The predicted molar refractivity (Wildman–Crippen MR) is 91.2 cm³/mol. The molecular weight excluding hydrogens is 258 g/mol. The molecule has 2 heteroatoms. The Morgan fingerprint density at radius 3 is 1.90 bits per heavy atom. The van der Waals surface area contributed by atoms with E-state index in [2.05, 4.69) is 35.5 Å². The molecule has 0 bridgehead atoms. The molecule has 1 rings (SSSR count). The van der Waals surface area contributed by atoms with Crippen LogP contribution in [0.15, 0.2) is 35.5 Å². The van der Waals surface area contributed by atoms with Gasteiger partial charge in [-0.05, 0) is 38.2 Å². The van der Waals surface area contributed by atoms with Gasteiger partial charge in [0.05, 0.1) is 5.71 Å². The summed E-state index contributed by atoms with van der Waals surface area (Å²) in [5, 5.41) is 11.7. The number of rotatable bonds is 12. The smallest absolute Gasteiger partial charge is 0.0540 e. The molecule has 0 aromatic heterocycles. The third-order valence-electron chi connectivity index (χ3n) is 4.02. The standard InChI is InChI=1S/C19H31NO/c1-18(20-21)14-10-7-5-3-2-4-6-8-11-15-19-16-12-9-13-17-19/h9,12-13,16-17,21H,2-8,10-11,14-15H2,1H3. The molecule has 0 heterocycles. The van der Waals surface area contributed by atoms with Crippen LogP contribution in [0.25, 0.3) is 0 Å². The van der Waals surface area contributed by atoms with Gasteiger partial charge < -0.3 is 5.21 Å². The van der Waals surface area contributed by atoms with E-state index in [0.29, 0.717) is 0 Å². The Kier molecular flexibility index (Phi) is 10.5. The van der Waals surface area contributed by atoms with E-state index in [1.807, 2.05) is 6.92 Å². The Morgan fingerprint density at radius 2 is 1.33 bits per heavy atom. The fourth-order valence-corrected chi connectivity index (χ4v) is 2.64. The number of hydrogen-bond donors (Lipinski definition) is 1. The highest BCUT2D eigenvalue weighted by atomic mass is 16.4. The number of oxime groups is 1. The first-order valence-electron chi connectivity index (χ1n) is 8.54. The zero-order valence-electron chi connectivity index (χ0n) is 13.6. The van der Waals surface area contributed by atoms with Gasteiger partial charge in [0.2, 0.25) is 0 Å². The Morgan fingerprint density at radius 1 is 0.810 bits per heavy atom. The maximum Gasteiger partial charge on any atom is 0.0540 e. The molecule has 1 N–H and O–H groups in total. The summed E-state index contributed by atoms with van der Waals surface area (Å²) < 4.78 is 0. The van der Waals surface area contributed by atoms with Gasteiger partial charge in [-0.1, -0.05) is 80.4 Å². The maximum absolute atomic E-state index is 8.54. The zero-order valence-corrected chi connectivity index (χ0v) is 13.6. The molecule has 0 saturated heterocycles. The van der Waals surface area contributed by atoms with Crippen molar-refractivity contribution in [3.63, 3.8) is 0 Å². The van der Waals surface area contributed by atoms with Gasteiger partial charge in [-0.25, -0.2) is 0 Å². The van der Waals surface area contributed by atoms with Crippen LogP contribution in [0.5, 0.6) is 0 Å². The average molecular weight is 289 g/mol. The molecule has 0 amide bonds. The maximum atomic E-state index is 8.54. The zero-order chi connectivity index (χ0) is 15.2. The van der Waals surface area contributed by atoms with E-state index in [1.54, 1.807) is 0 Å². The first-order valence-corrected chi connectivity index (χ1v) is 8.54. The minimum absolute atomic E-state index is 0.855. The van der Waals surface area contributed by atoms with Gasteiger partial charge in [0.25, 0.3) is 0 Å². The first-order chi connectivity index (χ1) is 10.3. The van der Waals surface area contributed by atoms with E-state index in [0.717, 1.165) is 18.6 Å². The molecular formula is C19H31NO. The van der Waals surface area contributed by atoms with E-state index in [9.17, 15) is 0 Å². The lowest BCUT2D eigenvalue weighted by Crippen LogP contribution is -1.91. The molecule has 0 unspecified atom stereocenters. The van der Waals surface area contributed by atoms with Crippen LogP contribution in [0.1, 0.15) is 76.7 Å². The molecule has 1 aromatic rings. The molecule has 0 fully saturated rings. The Labute approximate surface area is 130 Å². The summed E-state index contributed by atoms with van der Waals surface area (Å²) in [5.74, 6) is 0. The summed E-state index contributed by atoms with van der Waals surface area (Å²) in [4.78, 5) is 0. The Hall–Kier alpha value is -1.31. The molecule has 0 radical (unpaired) electrons. The summed E-state index contributed by atoms with van der Waals surface area (Å²) in [6, 6.07) is 10.8. The second kappa shape index (κ2) is 12.4. The normalized spacial score (nSPS) is 11.8. The average Bonchev–Trinajstić information content (AvgIpc) is 2.53. The number of benzene rings is 1. The van der Waals surface area contributed by atoms with Crippen molar-refractivity contribution in [3.8, 4) is 0 Å². The number of aryl methyl sites for hydroxylation is 1. The van der Waals surface area contributed by atoms with Crippen molar-refractivity contribution in [2.24, 2.45) is 5.16 Å². The topological polar surface area (TPSA) is 32.6 Å². The van der Waals surface area contributed by atoms with Crippen LogP contribution in [0.2, 0.25) is 0 Å². The molecule has 21 heavy (non-hydrogen) atoms. The van der Waals surface area contributed by atoms with Crippen molar-refractivity contribution in [1.29, 1.82) is 0 Å². The third kappa shape index (κ3) is 10.1. The molecule has 0 saturated carbocycles. The van der Waals surface area contributed by atoms with Gasteiger partial charge in [0.1, 0.15) is 0 Å². The minimum atomic E-state index is 0.855. The number of unbranched alkanes of at least 4 members (excludes halogenated alkanes) is 8. The highest BCUT2D eigenvalue weighted by Gasteiger charge is 1.96. The van der Waals surface area contributed by atoms with Crippen molar-refractivity contribution in [3.05, 3.63) is 35.9 Å². The molecule has 0 aliphatic heterocycles. The van der Waals surface area contributed by atoms with E-state index >= 15 is 0 Å². The van der Waals surface area contributed by atoms with Crippen molar-refractivity contribution >= 4 is 5.71 Å². The van der Waals surface area contributed by atoms with Crippen LogP contribution >= 0.6 is 0 Å². The van der Waals surface area contributed by atoms with Crippen molar-refractivity contribution < 1.29 is 5.21 Å². The molecule has 0 aliphatic rings. The largest absolute Gasteiger partial charge is 0.411 e. The molecule has 0 atom stereocenters. The predicted octanol–water partition coefficient (Wildman–Crippen LogP) is 5.98. The minimum Gasteiger partial charge on any atom is -0.411 e. The number of nitrogens with zero attached hydrogens (tertiary/aromatic N) is 1. The van der Waals surface area contributed by atoms with Gasteiger partial charge in [-0.15, -0.1) is 0 Å². The van der Waals surface area contributed by atoms with Gasteiger partial charge in [0.15, 0.2) is 0 Å². The quantitative estimate of drug-likeness (QED) is 0.218. The molecule has 1 aromatic carbocycles. The highest BCUT2D eigenvalue weighted by molar-refractivity contribution is 5.81. The van der Waals surface area contributed by atoms with Crippen molar-refractivity contribution in [2.75, 3.05) is 0 Å². The van der Waals surface area contributed by atoms with Crippen LogP contribution < -0.4 is 0 Å². The van der Waals surface area contributed by atoms with Crippen LogP contribution in [0, 0.1) is 0 Å². The van der Waals surface area contributed by atoms with Crippen LogP contribution in [0.4, 0.5) is 0 Å². The third-order valence-corrected chi connectivity index (χ3v) is 4.02. The summed E-state index contributed by atoms with van der Waals surface area (Å²) in [7, 11) is 0.